The van der Waals surface area contributed by atoms with E-state index in [-0.39, 0.29) is 0 Å². The van der Waals surface area contributed by atoms with E-state index in [1.807, 2.05) is 0 Å². The molecule has 7 heteroatoms. The minimum absolute atomic E-state index is 1.09. The summed E-state index contributed by atoms with van der Waals surface area (Å²) < 4.78 is 39.0. The van der Waals surface area contributed by atoms with Crippen LogP contribution >= 0.6 is 0 Å². The highest BCUT2D eigenvalue weighted by molar-refractivity contribution is 6.50. The van der Waals surface area contributed by atoms with Crippen LogP contribution in [0.5, 0.6) is 0 Å². The van der Waals surface area contributed by atoms with Gasteiger partial charge in [-0.25, -0.2) is 0 Å². The van der Waals surface area contributed by atoms with Gasteiger partial charge in [-0.1, -0.05) is 13.3 Å². The van der Waals surface area contributed by atoms with Gasteiger partial charge in [-0.15, -0.1) is 0 Å². The lowest BCUT2D eigenvalue weighted by Crippen LogP contribution is -2.49. The van der Waals surface area contributed by atoms with Crippen LogP contribution in [0.1, 0.15) is 26.7 Å². The van der Waals surface area contributed by atoms with Crippen molar-refractivity contribution < 1.29 is 23.0 Å². The van der Waals surface area contributed by atoms with E-state index in [1.165, 1.54) is 19.8 Å². The lowest BCUT2D eigenvalue weighted by molar-refractivity contribution is -0.368. The highest BCUT2D eigenvalue weighted by atomic mass is 19.5. The molecule has 0 saturated carbocycles. The van der Waals surface area contributed by atoms with Gasteiger partial charge in [0.25, 0.3) is 0 Å². The van der Waals surface area contributed by atoms with Crippen molar-refractivity contribution in [1.82, 2.24) is 0 Å². The minimum Gasteiger partial charge on any atom is -0.418 e. The van der Waals surface area contributed by atoms with Crippen molar-refractivity contribution in [3.63, 3.8) is 0 Å². The summed E-state index contributed by atoms with van der Waals surface area (Å²) in [7, 11) is -6.00. The Balaban J connectivity index is -0.000000120. The molecular weight excluding hydrogens is 187 g/mol. The molecule has 3 N–H and O–H groups in total. The standard InChI is InChI=1S/C4H11N.C2H3N.BF4/c1-2-3-4-5;1-2-3;2-1(3,4)5/h2-5H2,1H3;1H3;/q;;-1/p+1. The summed E-state index contributed by atoms with van der Waals surface area (Å²) in [5.41, 5.74) is 3.68. The molecule has 0 aromatic carbocycles. The Morgan fingerprint density at radius 2 is 1.54 bits per heavy atom. The average Bonchev–Trinajstić information content (AvgIpc) is 1.87. The maximum absolute atomic E-state index is 9.75. The van der Waals surface area contributed by atoms with Crippen LogP contribution in [-0.4, -0.2) is 13.8 Å². The highest BCUT2D eigenvalue weighted by Crippen LogP contribution is 2.06. The SMILES string of the molecule is CC#N.CCCC[NH3+].F[B-](F)(F)F. The number of unbranched alkanes of at least 4 members (excludes halogenated alkanes) is 1. The fraction of sp³-hybridized carbons (Fsp3) is 0.833. The van der Waals surface area contributed by atoms with E-state index in [4.69, 9.17) is 5.26 Å². The van der Waals surface area contributed by atoms with Crippen molar-refractivity contribution in [3.05, 3.63) is 0 Å². The zero-order valence-corrected chi connectivity index (χ0v) is 7.86. The average molecular weight is 202 g/mol. The first-order valence-corrected chi connectivity index (χ1v) is 3.80. The molecule has 0 aliphatic rings. The second-order valence-corrected chi connectivity index (χ2v) is 1.93. The van der Waals surface area contributed by atoms with E-state index >= 15 is 0 Å². The summed E-state index contributed by atoms with van der Waals surface area (Å²) in [6.07, 6.45) is 2.56. The Hall–Kier alpha value is -0.765. The molecule has 0 heterocycles. The maximum atomic E-state index is 9.75. The molecule has 0 spiro atoms. The molecule has 0 saturated heterocycles. The van der Waals surface area contributed by atoms with Gasteiger partial charge in [0.15, 0.2) is 0 Å². The van der Waals surface area contributed by atoms with Crippen LogP contribution in [0.15, 0.2) is 0 Å². The normalized spacial score (nSPS) is 8.46. The molecule has 2 nitrogen and oxygen atoms in total. The Morgan fingerprint density at radius 1 is 1.31 bits per heavy atom. The second-order valence-electron chi connectivity index (χ2n) is 1.93. The number of nitriles is 1. The Bertz CT molecular complexity index is 113. The first kappa shape index (κ1) is 18.1. The molecule has 0 amide bonds. The first-order valence-electron chi connectivity index (χ1n) is 3.80. The van der Waals surface area contributed by atoms with E-state index in [1.54, 1.807) is 6.07 Å². The summed E-state index contributed by atoms with van der Waals surface area (Å²) in [6, 6.07) is 1.75. The largest absolute Gasteiger partial charge is 0.673 e. The monoisotopic (exact) mass is 202 g/mol. The molecule has 0 aliphatic carbocycles. The quantitative estimate of drug-likeness (QED) is 0.539. The van der Waals surface area contributed by atoms with E-state index in [0.717, 1.165) is 6.54 Å². The zero-order valence-electron chi connectivity index (χ0n) is 7.86. The molecule has 0 rings (SSSR count). The van der Waals surface area contributed by atoms with Crippen molar-refractivity contribution in [2.75, 3.05) is 6.54 Å². The van der Waals surface area contributed by atoms with Gasteiger partial charge in [0.05, 0.1) is 12.6 Å². The first-order chi connectivity index (χ1) is 5.83. The number of hydrogen-bond acceptors (Lipinski definition) is 1. The Morgan fingerprint density at radius 3 is 1.54 bits per heavy atom. The lowest BCUT2D eigenvalue weighted by Gasteiger charge is -1.94. The Kier molecular flexibility index (Phi) is 19.2. The van der Waals surface area contributed by atoms with E-state index < -0.39 is 7.25 Å². The summed E-state index contributed by atoms with van der Waals surface area (Å²) in [6.45, 7) is 4.70. The molecule has 0 aromatic heterocycles. The third-order valence-electron chi connectivity index (χ3n) is 0.604. The van der Waals surface area contributed by atoms with Gasteiger partial charge >= 0.3 is 7.25 Å². The van der Waals surface area contributed by atoms with E-state index in [0.29, 0.717) is 0 Å². The van der Waals surface area contributed by atoms with Gasteiger partial charge in [0.2, 0.25) is 0 Å². The van der Waals surface area contributed by atoms with E-state index in [9.17, 15) is 17.3 Å². The van der Waals surface area contributed by atoms with Crippen LogP contribution in [0, 0.1) is 11.3 Å². The van der Waals surface area contributed by atoms with Gasteiger partial charge in [0, 0.05) is 6.92 Å². The summed E-state index contributed by atoms with van der Waals surface area (Å²) >= 11 is 0. The molecule has 0 atom stereocenters. The van der Waals surface area contributed by atoms with Crippen molar-refractivity contribution in [2.24, 2.45) is 0 Å². The smallest absolute Gasteiger partial charge is 0.418 e. The molecular formula is C6H15BF4N2. The molecule has 0 fully saturated rings. The van der Waals surface area contributed by atoms with Crippen molar-refractivity contribution >= 4 is 7.25 Å². The van der Waals surface area contributed by atoms with Gasteiger partial charge in [-0.3, -0.25) is 0 Å². The van der Waals surface area contributed by atoms with Crippen LogP contribution in [0.25, 0.3) is 0 Å². The highest BCUT2D eigenvalue weighted by Gasteiger charge is 2.20. The lowest BCUT2D eigenvalue weighted by atomic mass is 10.3. The summed E-state index contributed by atoms with van der Waals surface area (Å²) in [5, 5.41) is 7.32. The van der Waals surface area contributed by atoms with Crippen LogP contribution in [0.2, 0.25) is 0 Å². The molecule has 0 bridgehead atoms. The maximum Gasteiger partial charge on any atom is 0.673 e. The summed E-state index contributed by atoms with van der Waals surface area (Å²) in [5.74, 6) is 0. The third-order valence-corrected chi connectivity index (χ3v) is 0.604. The second kappa shape index (κ2) is 13.8. The van der Waals surface area contributed by atoms with Gasteiger partial charge < -0.3 is 23.0 Å². The molecule has 0 radical (unpaired) electrons. The summed E-state index contributed by atoms with van der Waals surface area (Å²) in [4.78, 5) is 0. The number of hydrogen-bond donors (Lipinski definition) is 1. The van der Waals surface area contributed by atoms with Crippen LogP contribution in [-0.2, 0) is 0 Å². The van der Waals surface area contributed by atoms with Gasteiger partial charge in [-0.2, -0.15) is 5.26 Å². The predicted molar refractivity (Wildman–Crippen MR) is 44.1 cm³/mol. The van der Waals surface area contributed by atoms with Crippen molar-refractivity contribution in [3.8, 4) is 6.07 Å². The zero-order chi connectivity index (χ0) is 11.3. The fourth-order valence-electron chi connectivity index (χ4n) is 0.250. The molecule has 0 aromatic rings. The van der Waals surface area contributed by atoms with E-state index in [2.05, 4.69) is 12.7 Å². The molecule has 0 aliphatic heterocycles. The van der Waals surface area contributed by atoms with Gasteiger partial charge in [0.1, 0.15) is 0 Å². The number of nitrogens with zero attached hydrogens (tertiary/aromatic N) is 1. The molecule has 0 unspecified atom stereocenters. The van der Waals surface area contributed by atoms with Crippen molar-refractivity contribution in [2.45, 2.75) is 26.7 Å². The van der Waals surface area contributed by atoms with Crippen LogP contribution in [0.4, 0.5) is 17.3 Å². The van der Waals surface area contributed by atoms with Gasteiger partial charge in [-0.05, 0) is 6.42 Å². The van der Waals surface area contributed by atoms with Crippen molar-refractivity contribution in [1.29, 1.82) is 5.26 Å². The number of quaternary nitrogens is 1. The fourth-order valence-corrected chi connectivity index (χ4v) is 0.250. The predicted octanol–water partition coefficient (Wildman–Crippen LogP) is 1.86. The topological polar surface area (TPSA) is 51.4 Å². The third kappa shape index (κ3) is 628. The molecule has 13 heavy (non-hydrogen) atoms. The van der Waals surface area contributed by atoms with Crippen LogP contribution in [0.3, 0.4) is 0 Å². The Labute approximate surface area is 75.8 Å². The minimum atomic E-state index is -6.00. The van der Waals surface area contributed by atoms with Crippen LogP contribution < -0.4 is 5.73 Å². The number of halogens is 4. The number of rotatable bonds is 2. The molecule has 80 valence electrons.